The summed E-state index contributed by atoms with van der Waals surface area (Å²) in [5.41, 5.74) is 0.757. The third-order valence-electron chi connectivity index (χ3n) is 2.75. The number of imide groups is 1. The van der Waals surface area contributed by atoms with E-state index in [4.69, 9.17) is 5.11 Å². The maximum Gasteiger partial charge on any atom is 0.317 e. The number of carbonyl (C=O) groups is 3. The molecule has 94 valence electrons. The van der Waals surface area contributed by atoms with Gasteiger partial charge in [-0.05, 0) is 18.6 Å². The van der Waals surface area contributed by atoms with Crippen molar-refractivity contribution in [3.05, 3.63) is 35.4 Å². The summed E-state index contributed by atoms with van der Waals surface area (Å²) in [7, 11) is 0. The molecule has 18 heavy (non-hydrogen) atoms. The van der Waals surface area contributed by atoms with Crippen molar-refractivity contribution in [2.24, 2.45) is 0 Å². The molecule has 5 nitrogen and oxygen atoms in total. The fraction of sp³-hybridized carbons (Fsp3) is 0.250. The molecule has 0 bridgehead atoms. The Morgan fingerprint density at radius 3 is 2.17 bits per heavy atom. The number of carbonyl (C=O) groups excluding carboxylic acids is 2. The minimum Gasteiger partial charge on any atom is -0.480 e. The van der Waals surface area contributed by atoms with Crippen LogP contribution in [0.4, 0.5) is 0 Å². The molecule has 0 saturated heterocycles. The molecule has 0 saturated carbocycles. The summed E-state index contributed by atoms with van der Waals surface area (Å²) in [5, 5.41) is 8.73. The SMILES string of the molecule is O=C(O)[C@H](Br)CCN1C(=O)c2ccccc2C1=O. The van der Waals surface area contributed by atoms with Crippen molar-refractivity contribution in [1.82, 2.24) is 4.90 Å². The van der Waals surface area contributed by atoms with Gasteiger partial charge in [0.1, 0.15) is 4.83 Å². The van der Waals surface area contributed by atoms with E-state index in [2.05, 4.69) is 15.9 Å². The molecule has 0 aromatic heterocycles. The standard InChI is InChI=1S/C12H10BrNO4/c13-9(12(17)18)5-6-14-10(15)7-3-1-2-4-8(7)11(14)16/h1-4,9H,5-6H2,(H,17,18)/t9-/m1/s1. The lowest BCUT2D eigenvalue weighted by atomic mass is 10.1. The molecule has 1 aromatic rings. The topological polar surface area (TPSA) is 74.7 Å². The average Bonchev–Trinajstić information content (AvgIpc) is 2.60. The lowest BCUT2D eigenvalue weighted by Gasteiger charge is -2.14. The number of benzene rings is 1. The van der Waals surface area contributed by atoms with Gasteiger partial charge in [-0.1, -0.05) is 28.1 Å². The number of rotatable bonds is 4. The van der Waals surface area contributed by atoms with E-state index in [0.29, 0.717) is 11.1 Å². The molecule has 6 heteroatoms. The van der Waals surface area contributed by atoms with Crippen molar-refractivity contribution < 1.29 is 19.5 Å². The van der Waals surface area contributed by atoms with Crippen LogP contribution in [-0.4, -0.2) is 39.2 Å². The van der Waals surface area contributed by atoms with Gasteiger partial charge in [0.2, 0.25) is 0 Å². The quantitative estimate of drug-likeness (QED) is 0.676. The smallest absolute Gasteiger partial charge is 0.317 e. The molecule has 1 heterocycles. The highest BCUT2D eigenvalue weighted by Crippen LogP contribution is 2.23. The van der Waals surface area contributed by atoms with Gasteiger partial charge in [0.25, 0.3) is 11.8 Å². The van der Waals surface area contributed by atoms with E-state index in [-0.39, 0.29) is 24.8 Å². The Hall–Kier alpha value is -1.69. The van der Waals surface area contributed by atoms with Gasteiger partial charge in [0, 0.05) is 6.54 Å². The molecular formula is C12H10BrNO4. The first kappa shape index (κ1) is 12.8. The van der Waals surface area contributed by atoms with Crippen molar-refractivity contribution in [1.29, 1.82) is 0 Å². The Bertz CT molecular complexity index is 494. The number of halogens is 1. The summed E-state index contributed by atoms with van der Waals surface area (Å²) >= 11 is 2.98. The summed E-state index contributed by atoms with van der Waals surface area (Å²) in [6, 6.07) is 6.58. The van der Waals surface area contributed by atoms with Gasteiger partial charge in [0.15, 0.2) is 0 Å². The molecule has 1 aromatic carbocycles. The van der Waals surface area contributed by atoms with Crippen LogP contribution < -0.4 is 0 Å². The van der Waals surface area contributed by atoms with Crippen LogP contribution in [0, 0.1) is 0 Å². The van der Waals surface area contributed by atoms with E-state index in [1.165, 1.54) is 0 Å². The third kappa shape index (κ3) is 2.15. The number of aliphatic carboxylic acids is 1. The largest absolute Gasteiger partial charge is 0.480 e. The molecule has 0 spiro atoms. The third-order valence-corrected chi connectivity index (χ3v) is 3.60. The van der Waals surface area contributed by atoms with Crippen LogP contribution in [0.5, 0.6) is 0 Å². The molecule has 1 aliphatic heterocycles. The molecule has 1 atom stereocenters. The van der Waals surface area contributed by atoms with Gasteiger partial charge in [-0.15, -0.1) is 0 Å². The maximum atomic E-state index is 11.9. The number of fused-ring (bicyclic) bond motifs is 1. The van der Waals surface area contributed by atoms with E-state index < -0.39 is 10.8 Å². The highest BCUT2D eigenvalue weighted by Gasteiger charge is 2.35. The number of hydrogen-bond acceptors (Lipinski definition) is 3. The van der Waals surface area contributed by atoms with Crippen LogP contribution >= 0.6 is 15.9 Å². The number of carboxylic acids is 1. The summed E-state index contributed by atoms with van der Waals surface area (Å²) in [6.45, 7) is 0.0918. The highest BCUT2D eigenvalue weighted by atomic mass is 79.9. The molecule has 1 aliphatic rings. The maximum absolute atomic E-state index is 11.9. The second-order valence-electron chi connectivity index (χ2n) is 3.90. The average molecular weight is 312 g/mol. The molecule has 0 radical (unpaired) electrons. The minimum atomic E-state index is -1.01. The molecule has 0 fully saturated rings. The van der Waals surface area contributed by atoms with Crippen LogP contribution in [0.3, 0.4) is 0 Å². The molecule has 0 aliphatic carbocycles. The second kappa shape index (κ2) is 4.89. The van der Waals surface area contributed by atoms with Crippen molar-refractivity contribution in [3.63, 3.8) is 0 Å². The molecule has 2 rings (SSSR count). The normalized spacial score (nSPS) is 15.7. The number of alkyl halides is 1. The van der Waals surface area contributed by atoms with Gasteiger partial charge >= 0.3 is 5.97 Å². The van der Waals surface area contributed by atoms with E-state index in [1.54, 1.807) is 24.3 Å². The van der Waals surface area contributed by atoms with E-state index in [1.807, 2.05) is 0 Å². The Balaban J connectivity index is 2.12. The van der Waals surface area contributed by atoms with Gasteiger partial charge in [-0.3, -0.25) is 19.3 Å². The van der Waals surface area contributed by atoms with E-state index >= 15 is 0 Å². The Morgan fingerprint density at radius 1 is 1.22 bits per heavy atom. The zero-order valence-corrected chi connectivity index (χ0v) is 10.9. The Morgan fingerprint density at radius 2 is 1.72 bits per heavy atom. The van der Waals surface area contributed by atoms with E-state index in [9.17, 15) is 14.4 Å². The number of amides is 2. The highest BCUT2D eigenvalue weighted by molar-refractivity contribution is 9.10. The van der Waals surface area contributed by atoms with Crippen molar-refractivity contribution >= 4 is 33.7 Å². The predicted octanol–water partition coefficient (Wildman–Crippen LogP) is 1.52. The summed E-state index contributed by atoms with van der Waals surface area (Å²) in [5.74, 6) is -1.73. The predicted molar refractivity (Wildman–Crippen MR) is 66.8 cm³/mol. The van der Waals surface area contributed by atoms with Gasteiger partial charge in [-0.25, -0.2) is 0 Å². The van der Waals surface area contributed by atoms with Crippen molar-refractivity contribution in [3.8, 4) is 0 Å². The number of nitrogens with zero attached hydrogens (tertiary/aromatic N) is 1. The van der Waals surface area contributed by atoms with Crippen LogP contribution in [0.2, 0.25) is 0 Å². The van der Waals surface area contributed by atoms with Crippen LogP contribution in [0.1, 0.15) is 27.1 Å². The molecule has 1 N–H and O–H groups in total. The zero-order valence-electron chi connectivity index (χ0n) is 9.30. The summed E-state index contributed by atoms with van der Waals surface area (Å²) < 4.78 is 0. The van der Waals surface area contributed by atoms with E-state index in [0.717, 1.165) is 4.90 Å². The van der Waals surface area contributed by atoms with Crippen LogP contribution in [-0.2, 0) is 4.79 Å². The molecule has 0 unspecified atom stereocenters. The number of carboxylic acid groups (broad SMARTS) is 1. The summed E-state index contributed by atoms with van der Waals surface area (Å²) in [4.78, 5) is 34.8. The lowest BCUT2D eigenvalue weighted by Crippen LogP contribution is -2.33. The first-order valence-electron chi connectivity index (χ1n) is 5.34. The van der Waals surface area contributed by atoms with Crippen molar-refractivity contribution in [2.75, 3.05) is 6.54 Å². The summed E-state index contributed by atoms with van der Waals surface area (Å²) in [6.07, 6.45) is 0.181. The van der Waals surface area contributed by atoms with Crippen LogP contribution in [0.15, 0.2) is 24.3 Å². The van der Waals surface area contributed by atoms with Crippen molar-refractivity contribution in [2.45, 2.75) is 11.2 Å². The van der Waals surface area contributed by atoms with Gasteiger partial charge < -0.3 is 5.11 Å². The molecular weight excluding hydrogens is 302 g/mol. The lowest BCUT2D eigenvalue weighted by molar-refractivity contribution is -0.136. The zero-order chi connectivity index (χ0) is 13.3. The Kier molecular flexibility index (Phi) is 3.47. The van der Waals surface area contributed by atoms with Gasteiger partial charge in [-0.2, -0.15) is 0 Å². The number of hydrogen-bond donors (Lipinski definition) is 1. The minimum absolute atomic E-state index is 0.0918. The monoisotopic (exact) mass is 311 g/mol. The first-order chi connectivity index (χ1) is 8.52. The Labute approximate surface area is 112 Å². The fourth-order valence-corrected chi connectivity index (χ4v) is 2.01. The van der Waals surface area contributed by atoms with Crippen LogP contribution in [0.25, 0.3) is 0 Å². The first-order valence-corrected chi connectivity index (χ1v) is 6.26. The van der Waals surface area contributed by atoms with Gasteiger partial charge in [0.05, 0.1) is 11.1 Å². The fourth-order valence-electron chi connectivity index (χ4n) is 1.81. The second-order valence-corrected chi connectivity index (χ2v) is 5.01. The molecule has 2 amide bonds.